The summed E-state index contributed by atoms with van der Waals surface area (Å²) in [6, 6.07) is 5.71. The van der Waals surface area contributed by atoms with Gasteiger partial charge in [-0.05, 0) is 80.9 Å². The molecule has 0 saturated heterocycles. The molecular weight excluding hydrogens is 444 g/mol. The molecule has 1 aromatic carbocycles. The summed E-state index contributed by atoms with van der Waals surface area (Å²) in [5.41, 5.74) is 1.68. The maximum Gasteiger partial charge on any atom is 0.227 e. The number of hydrogen-bond donors (Lipinski definition) is 2. The molecule has 1 aromatic heterocycles. The van der Waals surface area contributed by atoms with Gasteiger partial charge in [0.25, 0.3) is 0 Å². The zero-order valence-electron chi connectivity index (χ0n) is 20.9. The largest absolute Gasteiger partial charge is 0.493 e. The number of nitrogens with zero attached hydrogens (tertiary/aromatic N) is 2. The van der Waals surface area contributed by atoms with Crippen molar-refractivity contribution >= 4 is 17.6 Å². The van der Waals surface area contributed by atoms with Crippen molar-refractivity contribution in [1.82, 2.24) is 15.1 Å². The number of benzene rings is 1. The monoisotopic (exact) mass is 480 g/mol. The summed E-state index contributed by atoms with van der Waals surface area (Å²) in [5.74, 6) is 4.19. The molecule has 8 heteroatoms. The van der Waals surface area contributed by atoms with Gasteiger partial charge in [0.05, 0.1) is 27.0 Å². The summed E-state index contributed by atoms with van der Waals surface area (Å²) in [4.78, 5) is 25.9. The maximum absolute atomic E-state index is 13.1. The Morgan fingerprint density at radius 1 is 1.06 bits per heavy atom. The summed E-state index contributed by atoms with van der Waals surface area (Å²) in [6.45, 7) is 2.75. The van der Waals surface area contributed by atoms with Crippen LogP contribution in [0.15, 0.2) is 24.4 Å². The van der Waals surface area contributed by atoms with E-state index in [4.69, 9.17) is 9.47 Å². The standard InChI is InChI=1S/C27H36N4O4/c1-17-15-29-31(16-18-4-5-22(34-2)23(11-18)35-3)25(17)30-24(32)6-7-28-26(33)27-12-19-8-20(13-27)10-21(9-19)14-27/h4-5,11,15,19-21H,6-10,12-14,16H2,1-3H3,(H,28,33)(H,30,32). The minimum Gasteiger partial charge on any atom is -0.493 e. The van der Waals surface area contributed by atoms with Crippen molar-refractivity contribution in [1.29, 1.82) is 0 Å². The molecule has 6 rings (SSSR count). The first-order chi connectivity index (χ1) is 16.9. The molecule has 4 bridgehead atoms. The zero-order chi connectivity index (χ0) is 24.6. The SMILES string of the molecule is COc1ccc(Cn2ncc(C)c2NC(=O)CCNC(=O)C23CC4CC(CC(C4)C2)C3)cc1OC. The van der Waals surface area contributed by atoms with E-state index in [-0.39, 0.29) is 23.7 Å². The van der Waals surface area contributed by atoms with Gasteiger partial charge in [0.15, 0.2) is 11.5 Å². The van der Waals surface area contributed by atoms with Gasteiger partial charge in [-0.2, -0.15) is 5.10 Å². The second kappa shape index (κ2) is 9.55. The average molecular weight is 481 g/mol. The van der Waals surface area contributed by atoms with Crippen LogP contribution >= 0.6 is 0 Å². The Bertz CT molecular complexity index is 1070. The number of rotatable bonds is 9. The highest BCUT2D eigenvalue weighted by molar-refractivity contribution is 5.91. The molecule has 4 aliphatic carbocycles. The Labute approximate surface area is 206 Å². The molecule has 2 N–H and O–H groups in total. The van der Waals surface area contributed by atoms with Gasteiger partial charge in [0, 0.05) is 23.9 Å². The van der Waals surface area contributed by atoms with Crippen molar-refractivity contribution in [2.75, 3.05) is 26.1 Å². The van der Waals surface area contributed by atoms with Crippen LogP contribution in [0.1, 0.15) is 56.1 Å². The summed E-state index contributed by atoms with van der Waals surface area (Å²) in [7, 11) is 3.21. The number of aromatic nitrogens is 2. The summed E-state index contributed by atoms with van der Waals surface area (Å²) >= 11 is 0. The van der Waals surface area contributed by atoms with Crippen LogP contribution in [0.4, 0.5) is 5.82 Å². The number of aryl methyl sites for hydroxylation is 1. The van der Waals surface area contributed by atoms with Crippen LogP contribution in [-0.2, 0) is 16.1 Å². The van der Waals surface area contributed by atoms with E-state index >= 15 is 0 Å². The first-order valence-corrected chi connectivity index (χ1v) is 12.7. The third-order valence-corrected chi connectivity index (χ3v) is 8.22. The molecule has 0 unspecified atom stereocenters. The van der Waals surface area contributed by atoms with Crippen molar-refractivity contribution in [3.63, 3.8) is 0 Å². The van der Waals surface area contributed by atoms with Crippen molar-refractivity contribution in [3.05, 3.63) is 35.5 Å². The quantitative estimate of drug-likeness (QED) is 0.567. The van der Waals surface area contributed by atoms with Crippen molar-refractivity contribution in [2.24, 2.45) is 23.2 Å². The van der Waals surface area contributed by atoms with E-state index in [1.54, 1.807) is 25.1 Å². The lowest BCUT2D eigenvalue weighted by atomic mass is 9.49. The molecule has 0 radical (unpaired) electrons. The van der Waals surface area contributed by atoms with E-state index in [0.717, 1.165) is 48.1 Å². The van der Waals surface area contributed by atoms with Gasteiger partial charge in [-0.1, -0.05) is 6.07 Å². The predicted octanol–water partition coefficient (Wildman–Crippen LogP) is 3.92. The number of carbonyl (C=O) groups excluding carboxylic acids is 2. The summed E-state index contributed by atoms with van der Waals surface area (Å²) < 4.78 is 12.5. The highest BCUT2D eigenvalue weighted by atomic mass is 16.5. The number of nitrogens with one attached hydrogen (secondary N) is 2. The summed E-state index contributed by atoms with van der Waals surface area (Å²) in [5, 5.41) is 10.5. The lowest BCUT2D eigenvalue weighted by Gasteiger charge is -2.55. The van der Waals surface area contributed by atoms with Gasteiger partial charge >= 0.3 is 0 Å². The van der Waals surface area contributed by atoms with Crippen molar-refractivity contribution in [3.8, 4) is 11.5 Å². The Hall–Kier alpha value is -3.03. The topological polar surface area (TPSA) is 94.5 Å². The molecule has 4 saturated carbocycles. The second-order valence-corrected chi connectivity index (χ2v) is 10.8. The highest BCUT2D eigenvalue weighted by Gasteiger charge is 2.54. The van der Waals surface area contributed by atoms with Gasteiger partial charge in [-0.25, -0.2) is 4.68 Å². The maximum atomic E-state index is 13.1. The molecule has 35 heavy (non-hydrogen) atoms. The fourth-order valence-electron chi connectivity index (χ4n) is 6.97. The molecule has 4 aliphatic rings. The third kappa shape index (κ3) is 4.75. The smallest absolute Gasteiger partial charge is 0.227 e. The Morgan fingerprint density at radius 3 is 2.34 bits per heavy atom. The van der Waals surface area contributed by atoms with E-state index in [0.29, 0.717) is 30.4 Å². The highest BCUT2D eigenvalue weighted by Crippen LogP contribution is 2.60. The normalized spacial score (nSPS) is 26.4. The second-order valence-electron chi connectivity index (χ2n) is 10.8. The van der Waals surface area contributed by atoms with Crippen LogP contribution < -0.4 is 20.1 Å². The first-order valence-electron chi connectivity index (χ1n) is 12.7. The molecule has 2 aromatic rings. The van der Waals surface area contributed by atoms with Crippen LogP contribution in [0.3, 0.4) is 0 Å². The van der Waals surface area contributed by atoms with Crippen molar-refractivity contribution < 1.29 is 19.1 Å². The molecule has 188 valence electrons. The minimum atomic E-state index is -0.181. The molecule has 0 spiro atoms. The number of hydrogen-bond acceptors (Lipinski definition) is 5. The van der Waals surface area contributed by atoms with E-state index < -0.39 is 0 Å². The lowest BCUT2D eigenvalue weighted by molar-refractivity contribution is -0.146. The van der Waals surface area contributed by atoms with E-state index in [9.17, 15) is 9.59 Å². The lowest BCUT2D eigenvalue weighted by Crippen LogP contribution is -2.53. The van der Waals surface area contributed by atoms with E-state index in [1.165, 1.54) is 19.3 Å². The minimum absolute atomic E-state index is 0.132. The van der Waals surface area contributed by atoms with Gasteiger partial charge in [-0.15, -0.1) is 0 Å². The van der Waals surface area contributed by atoms with Crippen LogP contribution in [-0.4, -0.2) is 42.4 Å². The fourth-order valence-corrected chi connectivity index (χ4v) is 6.97. The van der Waals surface area contributed by atoms with Crippen molar-refractivity contribution in [2.45, 2.75) is 58.4 Å². The van der Waals surface area contributed by atoms with E-state index in [1.807, 2.05) is 25.1 Å². The molecule has 8 nitrogen and oxygen atoms in total. The van der Waals surface area contributed by atoms with Gasteiger partial charge in [0.2, 0.25) is 11.8 Å². The molecule has 0 aliphatic heterocycles. The third-order valence-electron chi connectivity index (χ3n) is 8.22. The average Bonchev–Trinajstić information content (AvgIpc) is 3.16. The Balaban J connectivity index is 1.16. The van der Waals surface area contributed by atoms with Crippen LogP contribution in [0.2, 0.25) is 0 Å². The molecule has 0 atom stereocenters. The van der Waals surface area contributed by atoms with E-state index in [2.05, 4.69) is 15.7 Å². The number of carbonyl (C=O) groups is 2. The number of ether oxygens (including phenoxy) is 2. The molecule has 4 fully saturated rings. The first kappa shape index (κ1) is 23.7. The van der Waals surface area contributed by atoms with Crippen LogP contribution in [0, 0.1) is 30.1 Å². The van der Waals surface area contributed by atoms with Crippen LogP contribution in [0.25, 0.3) is 0 Å². The molecule has 2 amide bonds. The number of methoxy groups -OCH3 is 2. The Morgan fingerprint density at radius 2 is 1.71 bits per heavy atom. The Kier molecular flexibility index (Phi) is 6.47. The molecule has 1 heterocycles. The fraction of sp³-hybridized carbons (Fsp3) is 0.593. The van der Waals surface area contributed by atoms with Gasteiger partial charge < -0.3 is 20.1 Å². The molecular formula is C27H36N4O4. The predicted molar refractivity (Wildman–Crippen MR) is 132 cm³/mol. The van der Waals surface area contributed by atoms with Gasteiger partial charge in [0.1, 0.15) is 5.82 Å². The van der Waals surface area contributed by atoms with Crippen LogP contribution in [0.5, 0.6) is 11.5 Å². The van der Waals surface area contributed by atoms with Gasteiger partial charge in [-0.3, -0.25) is 9.59 Å². The number of amides is 2. The zero-order valence-corrected chi connectivity index (χ0v) is 20.9. The number of anilines is 1. The summed E-state index contributed by atoms with van der Waals surface area (Å²) in [6.07, 6.45) is 9.01.